The molecule has 0 unspecified atom stereocenters. The predicted octanol–water partition coefficient (Wildman–Crippen LogP) is 2.84. The third kappa shape index (κ3) is 1.74. The van der Waals surface area contributed by atoms with Crippen molar-refractivity contribution in [3.63, 3.8) is 0 Å². The van der Waals surface area contributed by atoms with E-state index >= 15 is 0 Å². The Morgan fingerprint density at radius 1 is 1.73 bits per heavy atom. The van der Waals surface area contributed by atoms with Gasteiger partial charge in [-0.2, -0.15) is 0 Å². The predicted molar refractivity (Wildman–Crippen MR) is 45.1 cm³/mol. The fourth-order valence-corrected chi connectivity index (χ4v) is 0.807. The lowest BCUT2D eigenvalue weighted by Crippen LogP contribution is -1.73. The third-order valence-electron chi connectivity index (χ3n) is 1.29. The van der Waals surface area contributed by atoms with E-state index in [2.05, 4.69) is 6.58 Å². The molecule has 0 atom stereocenters. The molecule has 2 nitrogen and oxygen atoms in total. The normalized spacial score (nSPS) is 11.5. The van der Waals surface area contributed by atoms with Crippen LogP contribution in [0.4, 0.5) is 0 Å². The molecule has 1 heterocycles. The van der Waals surface area contributed by atoms with E-state index in [9.17, 15) is 0 Å². The van der Waals surface area contributed by atoms with Gasteiger partial charge < -0.3 is 9.52 Å². The van der Waals surface area contributed by atoms with Crippen LogP contribution in [0.2, 0.25) is 0 Å². The molecule has 0 aliphatic rings. The van der Waals surface area contributed by atoms with Crippen LogP contribution in [0.3, 0.4) is 0 Å². The second kappa shape index (κ2) is 3.10. The first-order chi connectivity index (χ1) is 5.24. The summed E-state index contributed by atoms with van der Waals surface area (Å²) in [5, 5.41) is 8.91. The minimum atomic E-state index is 0.225. The minimum Gasteiger partial charge on any atom is -0.512 e. The highest BCUT2D eigenvalue weighted by atomic mass is 16.3. The molecule has 11 heavy (non-hydrogen) atoms. The van der Waals surface area contributed by atoms with Crippen LogP contribution in [0.25, 0.3) is 12.2 Å². The lowest BCUT2D eigenvalue weighted by atomic mass is 10.2. The Bertz CT molecular complexity index is 278. The Morgan fingerprint density at radius 3 is 3.00 bits per heavy atom. The smallest absolute Gasteiger partial charge is 0.137 e. The maximum atomic E-state index is 8.91. The van der Waals surface area contributed by atoms with Crippen molar-refractivity contribution in [2.45, 2.75) is 6.92 Å². The van der Waals surface area contributed by atoms with Crippen molar-refractivity contribution in [3.8, 4) is 0 Å². The van der Waals surface area contributed by atoms with Gasteiger partial charge in [-0.25, -0.2) is 0 Å². The molecule has 0 saturated carbocycles. The molecule has 58 valence electrons. The first-order valence-electron chi connectivity index (χ1n) is 3.31. The summed E-state index contributed by atoms with van der Waals surface area (Å²) < 4.78 is 5.06. The second-order valence-corrected chi connectivity index (χ2v) is 2.23. The summed E-state index contributed by atoms with van der Waals surface area (Å²) in [4.78, 5) is 0. The van der Waals surface area contributed by atoms with Crippen LogP contribution in [0.5, 0.6) is 0 Å². The maximum Gasteiger partial charge on any atom is 0.137 e. The number of allylic oxidation sites excluding steroid dienone is 1. The van der Waals surface area contributed by atoms with E-state index in [-0.39, 0.29) is 5.76 Å². The minimum absolute atomic E-state index is 0.225. The first-order valence-corrected chi connectivity index (χ1v) is 3.31. The average Bonchev–Trinajstić information content (AvgIpc) is 2.34. The van der Waals surface area contributed by atoms with Crippen LogP contribution in [0.15, 0.2) is 29.1 Å². The molecule has 0 bridgehead atoms. The quantitative estimate of drug-likeness (QED) is 0.657. The van der Waals surface area contributed by atoms with E-state index in [1.165, 1.54) is 0 Å². The molecule has 0 aromatic carbocycles. The van der Waals surface area contributed by atoms with Gasteiger partial charge in [0.15, 0.2) is 0 Å². The van der Waals surface area contributed by atoms with Gasteiger partial charge in [-0.05, 0) is 13.0 Å². The summed E-state index contributed by atoms with van der Waals surface area (Å²) in [5.41, 5.74) is 0.887. The van der Waals surface area contributed by atoms with Crippen LogP contribution in [-0.2, 0) is 0 Å². The lowest BCUT2D eigenvalue weighted by Gasteiger charge is -1.89. The van der Waals surface area contributed by atoms with Crippen molar-refractivity contribution in [1.82, 2.24) is 0 Å². The molecule has 0 aliphatic carbocycles. The average molecular weight is 150 g/mol. The Hall–Kier alpha value is -1.44. The summed E-state index contributed by atoms with van der Waals surface area (Å²) in [5.74, 6) is 0.864. The number of aliphatic hydroxyl groups is 1. The van der Waals surface area contributed by atoms with Crippen LogP contribution in [0, 0.1) is 0 Å². The van der Waals surface area contributed by atoms with Gasteiger partial charge in [0.05, 0.1) is 12.0 Å². The van der Waals surface area contributed by atoms with E-state index in [4.69, 9.17) is 9.52 Å². The van der Waals surface area contributed by atoms with Crippen LogP contribution < -0.4 is 0 Å². The molecule has 0 aliphatic heterocycles. The van der Waals surface area contributed by atoms with Crippen LogP contribution in [0.1, 0.15) is 18.2 Å². The third-order valence-corrected chi connectivity index (χ3v) is 1.29. The van der Waals surface area contributed by atoms with Crippen molar-refractivity contribution >= 4 is 12.2 Å². The number of hydrogen-bond acceptors (Lipinski definition) is 2. The number of rotatable bonds is 2. The van der Waals surface area contributed by atoms with Gasteiger partial charge in [-0.1, -0.05) is 12.7 Å². The highest BCUT2D eigenvalue weighted by Crippen LogP contribution is 2.14. The van der Waals surface area contributed by atoms with Gasteiger partial charge in [0, 0.05) is 11.6 Å². The van der Waals surface area contributed by atoms with E-state index < -0.39 is 0 Å². The molecule has 0 fully saturated rings. The Balaban J connectivity index is 3.03. The summed E-state index contributed by atoms with van der Waals surface area (Å²) in [6, 6.07) is 1.79. The molecule has 2 heteroatoms. The standard InChI is InChI=1S/C9H10O2/c1-3-8-4-5-11-9(8)6-7(2)10/h3-6,10H,1H2,2H3/b7-6+. The van der Waals surface area contributed by atoms with Gasteiger partial charge in [0.2, 0.25) is 0 Å². The summed E-state index contributed by atoms with van der Waals surface area (Å²) in [6.07, 6.45) is 4.79. The van der Waals surface area contributed by atoms with E-state index in [1.807, 2.05) is 0 Å². The van der Waals surface area contributed by atoms with Gasteiger partial charge in [0.1, 0.15) is 5.76 Å². The van der Waals surface area contributed by atoms with Crippen molar-refractivity contribution < 1.29 is 9.52 Å². The SMILES string of the molecule is C=Cc1ccoc1/C=C(\C)O. The fourth-order valence-electron chi connectivity index (χ4n) is 0.807. The highest BCUT2D eigenvalue weighted by molar-refractivity contribution is 5.60. The van der Waals surface area contributed by atoms with E-state index in [0.29, 0.717) is 5.76 Å². The van der Waals surface area contributed by atoms with Crippen molar-refractivity contribution in [3.05, 3.63) is 36.0 Å². The lowest BCUT2D eigenvalue weighted by molar-refractivity contribution is 0.417. The second-order valence-electron chi connectivity index (χ2n) is 2.23. The molecule has 1 aromatic rings. The number of aliphatic hydroxyl groups excluding tert-OH is 1. The molecular formula is C9H10O2. The van der Waals surface area contributed by atoms with Gasteiger partial charge >= 0.3 is 0 Å². The van der Waals surface area contributed by atoms with Gasteiger partial charge in [0.25, 0.3) is 0 Å². The van der Waals surface area contributed by atoms with Crippen molar-refractivity contribution in [2.75, 3.05) is 0 Å². The van der Waals surface area contributed by atoms with E-state index in [0.717, 1.165) is 5.56 Å². The fraction of sp³-hybridized carbons (Fsp3) is 0.111. The Morgan fingerprint density at radius 2 is 2.45 bits per heavy atom. The molecule has 1 aromatic heterocycles. The number of furan rings is 1. The van der Waals surface area contributed by atoms with Gasteiger partial charge in [-0.15, -0.1) is 0 Å². The van der Waals surface area contributed by atoms with E-state index in [1.54, 1.807) is 31.4 Å². The summed E-state index contributed by atoms with van der Waals surface area (Å²) in [7, 11) is 0. The van der Waals surface area contributed by atoms with Crippen LogP contribution in [-0.4, -0.2) is 5.11 Å². The molecule has 0 radical (unpaired) electrons. The topological polar surface area (TPSA) is 33.4 Å². The van der Waals surface area contributed by atoms with Gasteiger partial charge in [-0.3, -0.25) is 0 Å². The monoisotopic (exact) mass is 150 g/mol. The van der Waals surface area contributed by atoms with Crippen molar-refractivity contribution in [1.29, 1.82) is 0 Å². The summed E-state index contributed by atoms with van der Waals surface area (Å²) >= 11 is 0. The Kier molecular flexibility index (Phi) is 2.16. The maximum absolute atomic E-state index is 8.91. The number of hydrogen-bond donors (Lipinski definition) is 1. The van der Waals surface area contributed by atoms with Crippen LogP contribution >= 0.6 is 0 Å². The Labute approximate surface area is 65.5 Å². The molecule has 0 spiro atoms. The molecule has 1 N–H and O–H groups in total. The zero-order valence-electron chi connectivity index (χ0n) is 6.37. The van der Waals surface area contributed by atoms with Crippen molar-refractivity contribution in [2.24, 2.45) is 0 Å². The zero-order chi connectivity index (χ0) is 8.27. The zero-order valence-corrected chi connectivity index (χ0v) is 6.37. The molecular weight excluding hydrogens is 140 g/mol. The largest absolute Gasteiger partial charge is 0.512 e. The first kappa shape index (κ1) is 7.66. The summed E-state index contributed by atoms with van der Waals surface area (Å²) in [6.45, 7) is 5.19. The highest BCUT2D eigenvalue weighted by Gasteiger charge is 1.98. The molecule has 1 rings (SSSR count). The molecule has 0 saturated heterocycles. The molecule has 0 amide bonds.